The second kappa shape index (κ2) is 5.90. The summed E-state index contributed by atoms with van der Waals surface area (Å²) in [4.78, 5) is 9.45. The highest BCUT2D eigenvalue weighted by atomic mass is 19.1. The predicted octanol–water partition coefficient (Wildman–Crippen LogP) is 1.75. The molecule has 1 unspecified atom stereocenters. The van der Waals surface area contributed by atoms with Gasteiger partial charge in [0.1, 0.15) is 12.2 Å². The lowest BCUT2D eigenvalue weighted by atomic mass is 10.1. The number of rotatable bonds is 7. The highest BCUT2D eigenvalue weighted by Crippen LogP contribution is 2.27. The normalized spacial score (nSPS) is 17.3. The maximum absolute atomic E-state index is 13.6. The van der Waals surface area contributed by atoms with Crippen molar-refractivity contribution in [2.24, 2.45) is 0 Å². The summed E-state index contributed by atoms with van der Waals surface area (Å²) in [5, 5.41) is 23.6. The Kier molecular flexibility index (Phi) is 4.38. The first-order valence-corrected chi connectivity index (χ1v) is 6.50. The molecule has 1 fully saturated rings. The van der Waals surface area contributed by atoms with Gasteiger partial charge in [0.15, 0.2) is 11.6 Å². The third kappa shape index (κ3) is 4.33. The minimum atomic E-state index is -1.26. The molecule has 21 heavy (non-hydrogen) atoms. The molecule has 0 aromatic heterocycles. The number of halogens is 2. The van der Waals surface area contributed by atoms with Crippen LogP contribution in [0.25, 0.3) is 0 Å². The van der Waals surface area contributed by atoms with Crippen LogP contribution in [-0.4, -0.2) is 34.8 Å². The first-order valence-electron chi connectivity index (χ1n) is 6.50. The van der Waals surface area contributed by atoms with Gasteiger partial charge in [0.2, 0.25) is 5.82 Å². The number of hydrogen-bond acceptors (Lipinski definition) is 5. The van der Waals surface area contributed by atoms with Crippen LogP contribution in [0.1, 0.15) is 19.8 Å². The van der Waals surface area contributed by atoms with Crippen molar-refractivity contribution in [1.29, 1.82) is 0 Å². The topological polar surface area (TPSA) is 84.6 Å². The number of nitro groups is 1. The first-order chi connectivity index (χ1) is 9.78. The van der Waals surface area contributed by atoms with Crippen molar-refractivity contribution in [3.8, 4) is 5.75 Å². The van der Waals surface area contributed by atoms with Crippen molar-refractivity contribution in [1.82, 2.24) is 5.32 Å². The Bertz CT molecular complexity index is 547. The molecule has 1 aliphatic rings. The highest BCUT2D eigenvalue weighted by molar-refractivity contribution is 5.39. The molecular weight excluding hydrogens is 286 g/mol. The summed E-state index contributed by atoms with van der Waals surface area (Å²) < 4.78 is 32.0. The van der Waals surface area contributed by atoms with E-state index in [1.165, 1.54) is 6.92 Å². The molecular formula is C13H16F2N2O4. The molecule has 0 spiro atoms. The third-order valence-corrected chi connectivity index (χ3v) is 3.09. The summed E-state index contributed by atoms with van der Waals surface area (Å²) in [7, 11) is 0. The van der Waals surface area contributed by atoms with Crippen LogP contribution < -0.4 is 10.1 Å². The van der Waals surface area contributed by atoms with Gasteiger partial charge in [-0.3, -0.25) is 10.1 Å². The van der Waals surface area contributed by atoms with Crippen LogP contribution in [0.3, 0.4) is 0 Å². The van der Waals surface area contributed by atoms with E-state index in [-0.39, 0.29) is 13.2 Å². The number of nitrogens with zero attached hydrogens (tertiary/aromatic N) is 1. The molecule has 116 valence electrons. The van der Waals surface area contributed by atoms with Crippen LogP contribution in [-0.2, 0) is 0 Å². The molecule has 0 radical (unpaired) electrons. The standard InChI is InChI=1S/C13H16F2N2O4/c1-13(18,6-16-8-2-3-8)7-21-12-5-9(14)11(17(19)20)4-10(12)15/h4-5,8,16,18H,2-3,6-7H2,1H3. The molecule has 1 aliphatic carbocycles. The predicted molar refractivity (Wildman–Crippen MR) is 70.2 cm³/mol. The van der Waals surface area contributed by atoms with Crippen LogP contribution in [0, 0.1) is 21.7 Å². The van der Waals surface area contributed by atoms with Crippen molar-refractivity contribution < 1.29 is 23.5 Å². The molecule has 1 atom stereocenters. The van der Waals surface area contributed by atoms with Gasteiger partial charge in [-0.05, 0) is 19.8 Å². The van der Waals surface area contributed by atoms with Gasteiger partial charge in [-0.2, -0.15) is 4.39 Å². The van der Waals surface area contributed by atoms with Crippen LogP contribution in [0.15, 0.2) is 12.1 Å². The van der Waals surface area contributed by atoms with Crippen LogP contribution in [0.4, 0.5) is 14.5 Å². The van der Waals surface area contributed by atoms with Gasteiger partial charge >= 0.3 is 5.69 Å². The summed E-state index contributed by atoms with van der Waals surface area (Å²) >= 11 is 0. The molecule has 6 nitrogen and oxygen atoms in total. The number of nitrogens with one attached hydrogen (secondary N) is 1. The molecule has 1 aromatic rings. The second-order valence-corrected chi connectivity index (χ2v) is 5.43. The number of nitro benzene ring substituents is 1. The molecule has 1 saturated carbocycles. The fourth-order valence-corrected chi connectivity index (χ4v) is 1.70. The van der Waals surface area contributed by atoms with Crippen molar-refractivity contribution in [3.05, 3.63) is 33.9 Å². The summed E-state index contributed by atoms with van der Waals surface area (Å²) in [5.41, 5.74) is -2.21. The van der Waals surface area contributed by atoms with Gasteiger partial charge in [-0.1, -0.05) is 0 Å². The van der Waals surface area contributed by atoms with E-state index in [4.69, 9.17) is 4.74 Å². The summed E-state index contributed by atoms with van der Waals surface area (Å²) in [6, 6.07) is 1.46. The average molecular weight is 302 g/mol. The summed E-state index contributed by atoms with van der Waals surface area (Å²) in [6.45, 7) is 1.50. The molecule has 2 rings (SSSR count). The quantitative estimate of drug-likeness (QED) is 0.592. The average Bonchev–Trinajstić information content (AvgIpc) is 3.21. The third-order valence-electron chi connectivity index (χ3n) is 3.09. The molecule has 8 heteroatoms. The van der Waals surface area contributed by atoms with Crippen LogP contribution in [0.2, 0.25) is 0 Å². The van der Waals surface area contributed by atoms with E-state index < -0.39 is 33.6 Å². The monoisotopic (exact) mass is 302 g/mol. The van der Waals surface area contributed by atoms with Crippen LogP contribution in [0.5, 0.6) is 5.75 Å². The Morgan fingerprint density at radius 3 is 2.71 bits per heavy atom. The largest absolute Gasteiger partial charge is 0.487 e. The summed E-state index contributed by atoms with van der Waals surface area (Å²) in [6.07, 6.45) is 2.11. The minimum absolute atomic E-state index is 0.259. The van der Waals surface area contributed by atoms with E-state index in [0.717, 1.165) is 12.8 Å². The molecule has 0 amide bonds. The lowest BCUT2D eigenvalue weighted by Crippen LogP contribution is -2.43. The van der Waals surface area contributed by atoms with E-state index in [1.807, 2.05) is 0 Å². The second-order valence-electron chi connectivity index (χ2n) is 5.43. The number of benzene rings is 1. The van der Waals surface area contributed by atoms with E-state index in [2.05, 4.69) is 5.32 Å². The van der Waals surface area contributed by atoms with E-state index >= 15 is 0 Å². The van der Waals surface area contributed by atoms with Crippen molar-refractivity contribution in [2.75, 3.05) is 13.2 Å². The highest BCUT2D eigenvalue weighted by Gasteiger charge is 2.28. The number of hydrogen-bond donors (Lipinski definition) is 2. The van der Waals surface area contributed by atoms with Crippen molar-refractivity contribution in [2.45, 2.75) is 31.4 Å². The van der Waals surface area contributed by atoms with Gasteiger partial charge in [0.05, 0.1) is 11.0 Å². The Labute approximate surface area is 119 Å². The first kappa shape index (κ1) is 15.6. The van der Waals surface area contributed by atoms with Gasteiger partial charge in [-0.25, -0.2) is 4.39 Å². The molecule has 0 aliphatic heterocycles. The Balaban J connectivity index is 1.98. The summed E-state index contributed by atoms with van der Waals surface area (Å²) in [5.74, 6) is -2.70. The zero-order valence-corrected chi connectivity index (χ0v) is 11.4. The molecule has 0 saturated heterocycles. The smallest absolute Gasteiger partial charge is 0.307 e. The van der Waals surface area contributed by atoms with Gasteiger partial charge in [0, 0.05) is 18.7 Å². The van der Waals surface area contributed by atoms with Gasteiger partial charge in [-0.15, -0.1) is 0 Å². The van der Waals surface area contributed by atoms with E-state index in [1.54, 1.807) is 0 Å². The SMILES string of the molecule is CC(O)(CNC1CC1)COc1cc(F)c([N+](=O)[O-])cc1F. The lowest BCUT2D eigenvalue weighted by molar-refractivity contribution is -0.387. The molecule has 2 N–H and O–H groups in total. The fourth-order valence-electron chi connectivity index (χ4n) is 1.70. The zero-order chi connectivity index (χ0) is 15.6. The fraction of sp³-hybridized carbons (Fsp3) is 0.538. The maximum Gasteiger partial charge on any atom is 0.307 e. The Morgan fingerprint density at radius 2 is 2.14 bits per heavy atom. The number of ether oxygens (including phenoxy) is 1. The maximum atomic E-state index is 13.6. The Morgan fingerprint density at radius 1 is 1.48 bits per heavy atom. The lowest BCUT2D eigenvalue weighted by Gasteiger charge is -2.24. The molecule has 0 bridgehead atoms. The van der Waals surface area contributed by atoms with Gasteiger partial charge in [0.25, 0.3) is 0 Å². The number of aliphatic hydroxyl groups is 1. The van der Waals surface area contributed by atoms with Gasteiger partial charge < -0.3 is 15.2 Å². The van der Waals surface area contributed by atoms with E-state index in [9.17, 15) is 24.0 Å². The minimum Gasteiger partial charge on any atom is -0.487 e. The van der Waals surface area contributed by atoms with E-state index in [0.29, 0.717) is 18.2 Å². The molecule has 1 aromatic carbocycles. The van der Waals surface area contributed by atoms with Crippen molar-refractivity contribution >= 4 is 5.69 Å². The zero-order valence-electron chi connectivity index (χ0n) is 11.4. The molecule has 0 heterocycles. The van der Waals surface area contributed by atoms with Crippen LogP contribution >= 0.6 is 0 Å². The van der Waals surface area contributed by atoms with Crippen molar-refractivity contribution in [3.63, 3.8) is 0 Å². The Hall–Kier alpha value is -1.80.